The van der Waals surface area contributed by atoms with E-state index in [-0.39, 0.29) is 12.5 Å². The predicted octanol–water partition coefficient (Wildman–Crippen LogP) is 3.30. The van der Waals surface area contributed by atoms with E-state index in [1.165, 1.54) is 0 Å². The van der Waals surface area contributed by atoms with Crippen molar-refractivity contribution in [3.63, 3.8) is 0 Å². The third-order valence-corrected chi connectivity index (χ3v) is 3.14. The van der Waals surface area contributed by atoms with Gasteiger partial charge in [-0.2, -0.15) is 5.10 Å². The Kier molecular flexibility index (Phi) is 6.44. The Morgan fingerprint density at radius 3 is 2.52 bits per heavy atom. The number of rotatable bonds is 7. The number of carbonyl (C=O) groups is 1. The van der Waals surface area contributed by atoms with Gasteiger partial charge in [0.05, 0.1) is 19.4 Å². The van der Waals surface area contributed by atoms with Gasteiger partial charge in [0.1, 0.15) is 5.75 Å². The Morgan fingerprint density at radius 2 is 1.87 bits per heavy atom. The van der Waals surface area contributed by atoms with Crippen molar-refractivity contribution in [1.29, 1.82) is 0 Å². The second kappa shape index (κ2) is 8.80. The van der Waals surface area contributed by atoms with Crippen LogP contribution in [0.3, 0.4) is 0 Å². The number of anilines is 1. The van der Waals surface area contributed by atoms with Crippen LogP contribution in [-0.2, 0) is 4.79 Å². The summed E-state index contributed by atoms with van der Waals surface area (Å²) >= 11 is 5.79. The standard InChI is InChI=1S/C17H18ClN3O2/c1-2-23-16-9-7-15(8-10-16)19-12-17(22)21-20-11-13-3-5-14(18)6-4-13/h3-11,19H,2,12H2,1H3,(H,21,22)/b20-11+. The SMILES string of the molecule is CCOc1ccc(NCC(=O)N/N=C/c2ccc(Cl)cc2)cc1. The fourth-order valence-corrected chi connectivity index (χ4v) is 1.91. The summed E-state index contributed by atoms with van der Waals surface area (Å²) in [6, 6.07) is 14.6. The van der Waals surface area contributed by atoms with Gasteiger partial charge >= 0.3 is 0 Å². The van der Waals surface area contributed by atoms with Crippen molar-refractivity contribution in [3.8, 4) is 5.75 Å². The Labute approximate surface area is 140 Å². The topological polar surface area (TPSA) is 62.7 Å². The van der Waals surface area contributed by atoms with E-state index in [4.69, 9.17) is 16.3 Å². The molecule has 0 spiro atoms. The Morgan fingerprint density at radius 1 is 1.17 bits per heavy atom. The molecule has 5 nitrogen and oxygen atoms in total. The summed E-state index contributed by atoms with van der Waals surface area (Å²) in [6.07, 6.45) is 1.56. The van der Waals surface area contributed by atoms with Gasteiger partial charge in [0, 0.05) is 10.7 Å². The second-order valence-electron chi connectivity index (χ2n) is 4.66. The number of nitrogens with one attached hydrogen (secondary N) is 2. The highest BCUT2D eigenvalue weighted by Gasteiger charge is 2.00. The molecule has 2 aromatic carbocycles. The van der Waals surface area contributed by atoms with Gasteiger partial charge in [-0.25, -0.2) is 5.43 Å². The van der Waals surface area contributed by atoms with Crippen LogP contribution in [0.4, 0.5) is 5.69 Å². The molecule has 1 amide bonds. The molecule has 0 aliphatic rings. The molecule has 0 saturated heterocycles. The molecule has 0 saturated carbocycles. The molecule has 0 aliphatic heterocycles. The molecule has 0 aliphatic carbocycles. The van der Waals surface area contributed by atoms with Gasteiger partial charge in [-0.3, -0.25) is 4.79 Å². The lowest BCUT2D eigenvalue weighted by atomic mass is 10.2. The molecular formula is C17H18ClN3O2. The summed E-state index contributed by atoms with van der Waals surface area (Å²) in [5, 5.41) is 7.56. The average Bonchev–Trinajstić information content (AvgIpc) is 2.56. The van der Waals surface area contributed by atoms with Gasteiger partial charge in [-0.05, 0) is 48.9 Å². The first-order valence-corrected chi connectivity index (χ1v) is 7.59. The lowest BCUT2D eigenvalue weighted by molar-refractivity contribution is -0.119. The van der Waals surface area contributed by atoms with Crippen LogP contribution in [-0.4, -0.2) is 25.3 Å². The number of nitrogens with zero attached hydrogens (tertiary/aromatic N) is 1. The van der Waals surface area contributed by atoms with Crippen molar-refractivity contribution in [3.05, 3.63) is 59.1 Å². The van der Waals surface area contributed by atoms with E-state index in [2.05, 4.69) is 15.8 Å². The highest BCUT2D eigenvalue weighted by Crippen LogP contribution is 2.15. The molecule has 0 radical (unpaired) electrons. The minimum atomic E-state index is -0.232. The Bertz CT molecular complexity index is 655. The molecule has 0 heterocycles. The number of hydrogen-bond donors (Lipinski definition) is 2. The summed E-state index contributed by atoms with van der Waals surface area (Å²) in [6.45, 7) is 2.69. The van der Waals surface area contributed by atoms with Gasteiger partial charge in [0.25, 0.3) is 5.91 Å². The van der Waals surface area contributed by atoms with Gasteiger partial charge in [-0.15, -0.1) is 0 Å². The van der Waals surface area contributed by atoms with Crippen molar-refractivity contribution in [2.45, 2.75) is 6.92 Å². The quantitative estimate of drug-likeness (QED) is 0.604. The molecule has 2 N–H and O–H groups in total. The van der Waals surface area contributed by atoms with Crippen LogP contribution in [0.15, 0.2) is 53.6 Å². The summed E-state index contributed by atoms with van der Waals surface area (Å²) in [7, 11) is 0. The zero-order chi connectivity index (χ0) is 16.5. The van der Waals surface area contributed by atoms with E-state index in [9.17, 15) is 4.79 Å². The van der Waals surface area contributed by atoms with Crippen molar-refractivity contribution >= 4 is 29.4 Å². The number of ether oxygens (including phenoxy) is 1. The molecule has 2 rings (SSSR count). The number of benzene rings is 2. The van der Waals surface area contributed by atoms with E-state index < -0.39 is 0 Å². The molecule has 0 aromatic heterocycles. The molecule has 23 heavy (non-hydrogen) atoms. The minimum absolute atomic E-state index is 0.131. The van der Waals surface area contributed by atoms with Crippen LogP contribution in [0.5, 0.6) is 5.75 Å². The predicted molar refractivity (Wildman–Crippen MR) is 93.3 cm³/mol. The Balaban J connectivity index is 1.75. The summed E-state index contributed by atoms with van der Waals surface area (Å²) in [4.78, 5) is 11.7. The number of hydrogen-bond acceptors (Lipinski definition) is 4. The van der Waals surface area contributed by atoms with Crippen LogP contribution in [0, 0.1) is 0 Å². The molecule has 6 heteroatoms. The van der Waals surface area contributed by atoms with E-state index >= 15 is 0 Å². The average molecular weight is 332 g/mol. The largest absolute Gasteiger partial charge is 0.494 e. The van der Waals surface area contributed by atoms with E-state index in [1.807, 2.05) is 43.3 Å². The molecule has 2 aromatic rings. The first-order valence-electron chi connectivity index (χ1n) is 7.21. The van der Waals surface area contributed by atoms with Crippen molar-refractivity contribution < 1.29 is 9.53 Å². The number of hydrazone groups is 1. The van der Waals surface area contributed by atoms with E-state index in [0.717, 1.165) is 17.0 Å². The van der Waals surface area contributed by atoms with Gasteiger partial charge in [0.15, 0.2) is 0 Å². The van der Waals surface area contributed by atoms with Crippen LogP contribution < -0.4 is 15.5 Å². The maximum atomic E-state index is 11.7. The van der Waals surface area contributed by atoms with Crippen molar-refractivity contribution in [1.82, 2.24) is 5.43 Å². The van der Waals surface area contributed by atoms with E-state index in [1.54, 1.807) is 18.3 Å². The first kappa shape index (κ1) is 16.8. The van der Waals surface area contributed by atoms with Gasteiger partial charge in [0.2, 0.25) is 0 Å². The highest BCUT2D eigenvalue weighted by molar-refractivity contribution is 6.30. The third-order valence-electron chi connectivity index (χ3n) is 2.89. The monoisotopic (exact) mass is 331 g/mol. The maximum Gasteiger partial charge on any atom is 0.259 e. The molecule has 0 bridgehead atoms. The number of amides is 1. The number of halogens is 1. The van der Waals surface area contributed by atoms with Crippen molar-refractivity contribution in [2.24, 2.45) is 5.10 Å². The third kappa shape index (κ3) is 6.00. The smallest absolute Gasteiger partial charge is 0.259 e. The zero-order valence-electron chi connectivity index (χ0n) is 12.8. The van der Waals surface area contributed by atoms with Crippen LogP contribution >= 0.6 is 11.6 Å². The fraction of sp³-hybridized carbons (Fsp3) is 0.176. The molecule has 0 atom stereocenters. The highest BCUT2D eigenvalue weighted by atomic mass is 35.5. The lowest BCUT2D eigenvalue weighted by Crippen LogP contribution is -2.25. The zero-order valence-corrected chi connectivity index (χ0v) is 13.5. The second-order valence-corrected chi connectivity index (χ2v) is 5.09. The Hall–Kier alpha value is -2.53. The fourth-order valence-electron chi connectivity index (χ4n) is 1.79. The minimum Gasteiger partial charge on any atom is -0.494 e. The van der Waals surface area contributed by atoms with Gasteiger partial charge in [-0.1, -0.05) is 23.7 Å². The molecular weight excluding hydrogens is 314 g/mol. The van der Waals surface area contributed by atoms with Crippen LogP contribution in [0.1, 0.15) is 12.5 Å². The molecule has 0 fully saturated rings. The molecule has 120 valence electrons. The van der Waals surface area contributed by atoms with E-state index in [0.29, 0.717) is 11.6 Å². The van der Waals surface area contributed by atoms with Gasteiger partial charge < -0.3 is 10.1 Å². The summed E-state index contributed by atoms with van der Waals surface area (Å²) in [5.41, 5.74) is 4.15. The maximum absolute atomic E-state index is 11.7. The summed E-state index contributed by atoms with van der Waals surface area (Å²) in [5.74, 6) is 0.569. The normalized spacial score (nSPS) is 10.5. The van der Waals surface area contributed by atoms with Crippen LogP contribution in [0.25, 0.3) is 0 Å². The lowest BCUT2D eigenvalue weighted by Gasteiger charge is -2.07. The van der Waals surface area contributed by atoms with Crippen LogP contribution in [0.2, 0.25) is 5.02 Å². The number of carbonyl (C=O) groups excluding carboxylic acids is 1. The first-order chi connectivity index (χ1) is 11.2. The summed E-state index contributed by atoms with van der Waals surface area (Å²) < 4.78 is 5.35. The molecule has 0 unspecified atom stereocenters. The van der Waals surface area contributed by atoms with Crippen molar-refractivity contribution in [2.75, 3.05) is 18.5 Å².